The van der Waals surface area contributed by atoms with Crippen molar-refractivity contribution in [2.45, 2.75) is 32.4 Å². The summed E-state index contributed by atoms with van der Waals surface area (Å²) in [5.41, 5.74) is 3.76. The molecule has 1 fully saturated rings. The molecule has 1 aromatic heterocycles. The fourth-order valence-corrected chi connectivity index (χ4v) is 4.07. The van der Waals surface area contributed by atoms with Gasteiger partial charge in [-0.1, -0.05) is 60.7 Å². The van der Waals surface area contributed by atoms with Gasteiger partial charge in [0.15, 0.2) is 0 Å². The number of aryl methyl sites for hydroxylation is 1. The van der Waals surface area contributed by atoms with Crippen LogP contribution in [0, 0.1) is 6.92 Å². The van der Waals surface area contributed by atoms with Crippen molar-refractivity contribution in [3.05, 3.63) is 101 Å². The van der Waals surface area contributed by atoms with Gasteiger partial charge >= 0.3 is 6.03 Å². The summed E-state index contributed by atoms with van der Waals surface area (Å²) in [6.07, 6.45) is 3.15. The first-order valence-electron chi connectivity index (χ1n) is 11.4. The molecule has 6 heteroatoms. The Hall–Kier alpha value is -3.67. The van der Waals surface area contributed by atoms with Gasteiger partial charge in [-0.15, -0.1) is 0 Å². The van der Waals surface area contributed by atoms with Crippen LogP contribution in [-0.4, -0.2) is 52.4 Å². The topological polar surface area (TPSA) is 65.5 Å². The van der Waals surface area contributed by atoms with Crippen LogP contribution in [0.5, 0.6) is 0 Å². The molecule has 0 bridgehead atoms. The Bertz CT molecular complexity index is 1050. The quantitative estimate of drug-likeness (QED) is 0.600. The zero-order chi connectivity index (χ0) is 23.0. The molecule has 170 valence electrons. The summed E-state index contributed by atoms with van der Waals surface area (Å²) in [7, 11) is 0. The molecule has 1 aliphatic heterocycles. The summed E-state index contributed by atoms with van der Waals surface area (Å²) in [5.74, 6) is -0.0375. The Morgan fingerprint density at radius 1 is 1.00 bits per heavy atom. The predicted octanol–water partition coefficient (Wildman–Crippen LogP) is 4.06. The molecule has 33 heavy (non-hydrogen) atoms. The van der Waals surface area contributed by atoms with Crippen LogP contribution in [-0.2, 0) is 13.0 Å². The molecule has 0 spiro atoms. The normalized spacial score (nSPS) is 15.3. The van der Waals surface area contributed by atoms with Crippen molar-refractivity contribution < 1.29 is 9.59 Å². The number of rotatable bonds is 7. The lowest BCUT2D eigenvalue weighted by molar-refractivity contribution is 0.0788. The largest absolute Gasteiger partial charge is 0.336 e. The maximum absolute atomic E-state index is 13.2. The van der Waals surface area contributed by atoms with E-state index in [0.29, 0.717) is 31.7 Å². The number of nitrogens with zero attached hydrogens (tertiary/aromatic N) is 3. The molecule has 0 aliphatic carbocycles. The van der Waals surface area contributed by atoms with Crippen LogP contribution in [0.4, 0.5) is 4.79 Å². The van der Waals surface area contributed by atoms with E-state index < -0.39 is 0 Å². The van der Waals surface area contributed by atoms with Gasteiger partial charge in [0.05, 0.1) is 5.56 Å². The first-order chi connectivity index (χ1) is 16.1. The number of carbonyl (C=O) groups excluding carboxylic acids is 2. The minimum absolute atomic E-state index is 0.0375. The number of amides is 3. The van der Waals surface area contributed by atoms with Gasteiger partial charge in [-0.05, 0) is 43.0 Å². The van der Waals surface area contributed by atoms with Gasteiger partial charge in [0.2, 0.25) is 0 Å². The molecule has 0 radical (unpaired) electrons. The molecule has 0 unspecified atom stereocenters. The van der Waals surface area contributed by atoms with Gasteiger partial charge in [-0.3, -0.25) is 9.78 Å². The second-order valence-electron chi connectivity index (χ2n) is 8.52. The molecule has 2 aromatic carbocycles. The summed E-state index contributed by atoms with van der Waals surface area (Å²) >= 11 is 0. The van der Waals surface area contributed by atoms with E-state index in [1.807, 2.05) is 72.5 Å². The molecule has 2 heterocycles. The Labute approximate surface area is 195 Å². The highest BCUT2D eigenvalue weighted by molar-refractivity contribution is 5.94. The van der Waals surface area contributed by atoms with Crippen molar-refractivity contribution in [3.8, 4) is 0 Å². The van der Waals surface area contributed by atoms with Crippen LogP contribution in [0.2, 0.25) is 0 Å². The number of hydrogen-bond donors (Lipinski definition) is 1. The summed E-state index contributed by atoms with van der Waals surface area (Å²) in [6, 6.07) is 23.7. The SMILES string of the molecule is Cc1ccc(C(=O)N2CC[C@@H](NC(=O)N(CCc3ccccc3)Cc3ccccc3)C2)cn1. The summed E-state index contributed by atoms with van der Waals surface area (Å²) < 4.78 is 0. The lowest BCUT2D eigenvalue weighted by atomic mass is 10.1. The van der Waals surface area contributed by atoms with Crippen molar-refractivity contribution in [2.24, 2.45) is 0 Å². The molecule has 3 amide bonds. The van der Waals surface area contributed by atoms with Crippen LogP contribution in [0.1, 0.15) is 33.6 Å². The molecule has 1 atom stereocenters. The first-order valence-corrected chi connectivity index (χ1v) is 11.4. The first kappa shape index (κ1) is 22.5. The number of nitrogens with one attached hydrogen (secondary N) is 1. The number of likely N-dealkylation sites (tertiary alicyclic amines) is 1. The molecule has 4 rings (SSSR count). The lowest BCUT2D eigenvalue weighted by Crippen LogP contribution is -2.46. The van der Waals surface area contributed by atoms with Gasteiger partial charge in [0, 0.05) is 44.1 Å². The van der Waals surface area contributed by atoms with Crippen LogP contribution < -0.4 is 5.32 Å². The van der Waals surface area contributed by atoms with Crippen molar-refractivity contribution >= 4 is 11.9 Å². The molecule has 3 aromatic rings. The van der Waals surface area contributed by atoms with E-state index in [4.69, 9.17) is 0 Å². The van der Waals surface area contributed by atoms with Crippen LogP contribution >= 0.6 is 0 Å². The number of benzene rings is 2. The smallest absolute Gasteiger partial charge is 0.317 e. The minimum Gasteiger partial charge on any atom is -0.336 e. The van der Waals surface area contributed by atoms with Gasteiger partial charge in [0.25, 0.3) is 5.91 Å². The number of pyridine rings is 1. The summed E-state index contributed by atoms with van der Waals surface area (Å²) in [4.78, 5) is 33.9. The van der Waals surface area contributed by atoms with Crippen molar-refractivity contribution in [2.75, 3.05) is 19.6 Å². The maximum Gasteiger partial charge on any atom is 0.317 e. The van der Waals surface area contributed by atoms with Crippen LogP contribution in [0.15, 0.2) is 79.0 Å². The zero-order valence-corrected chi connectivity index (χ0v) is 19.0. The van der Waals surface area contributed by atoms with Crippen molar-refractivity contribution in [1.29, 1.82) is 0 Å². The zero-order valence-electron chi connectivity index (χ0n) is 19.0. The standard InChI is InChI=1S/C27H30N4O2/c1-21-12-13-24(18-28-21)26(32)30-17-15-25(20-30)29-27(33)31(19-23-10-6-3-7-11-23)16-14-22-8-4-2-5-9-22/h2-13,18,25H,14-17,19-20H2,1H3,(H,29,33)/t25-/m1/s1. The highest BCUT2D eigenvalue weighted by atomic mass is 16.2. The van der Waals surface area contributed by atoms with Crippen molar-refractivity contribution in [3.63, 3.8) is 0 Å². The maximum atomic E-state index is 13.2. The minimum atomic E-state index is -0.0916. The molecular formula is C27H30N4O2. The molecule has 6 nitrogen and oxygen atoms in total. The van der Waals surface area contributed by atoms with Gasteiger partial charge < -0.3 is 15.1 Å². The van der Waals surface area contributed by atoms with E-state index in [1.54, 1.807) is 11.1 Å². The third-order valence-corrected chi connectivity index (χ3v) is 5.98. The van der Waals surface area contributed by atoms with E-state index in [2.05, 4.69) is 22.4 Å². The monoisotopic (exact) mass is 442 g/mol. The van der Waals surface area contributed by atoms with Crippen LogP contribution in [0.25, 0.3) is 0 Å². The molecule has 0 saturated carbocycles. The average molecular weight is 443 g/mol. The fraction of sp³-hybridized carbons (Fsp3) is 0.296. The molecule has 1 aliphatic rings. The van der Waals surface area contributed by atoms with Gasteiger partial charge in [-0.25, -0.2) is 4.79 Å². The van der Waals surface area contributed by atoms with E-state index in [0.717, 1.165) is 24.1 Å². The van der Waals surface area contributed by atoms with Crippen LogP contribution in [0.3, 0.4) is 0 Å². The van der Waals surface area contributed by atoms with E-state index in [-0.39, 0.29) is 18.0 Å². The van der Waals surface area contributed by atoms with Gasteiger partial charge in [-0.2, -0.15) is 0 Å². The number of carbonyl (C=O) groups is 2. The highest BCUT2D eigenvalue weighted by Crippen LogP contribution is 2.15. The van der Waals surface area contributed by atoms with E-state index in [1.165, 1.54) is 5.56 Å². The second-order valence-corrected chi connectivity index (χ2v) is 8.52. The van der Waals surface area contributed by atoms with Crippen molar-refractivity contribution in [1.82, 2.24) is 20.1 Å². The second kappa shape index (κ2) is 10.8. The number of aromatic nitrogens is 1. The third kappa shape index (κ3) is 6.19. The average Bonchev–Trinajstić information content (AvgIpc) is 3.31. The summed E-state index contributed by atoms with van der Waals surface area (Å²) in [6.45, 7) is 4.20. The fourth-order valence-electron chi connectivity index (χ4n) is 4.07. The molecule has 1 N–H and O–H groups in total. The predicted molar refractivity (Wildman–Crippen MR) is 129 cm³/mol. The number of urea groups is 1. The Morgan fingerprint density at radius 2 is 1.70 bits per heavy atom. The highest BCUT2D eigenvalue weighted by Gasteiger charge is 2.29. The van der Waals surface area contributed by atoms with Gasteiger partial charge in [0.1, 0.15) is 0 Å². The Morgan fingerprint density at radius 3 is 2.36 bits per heavy atom. The molecule has 1 saturated heterocycles. The molecular weight excluding hydrogens is 412 g/mol. The Kier molecular flexibility index (Phi) is 7.35. The number of hydrogen-bond acceptors (Lipinski definition) is 3. The lowest BCUT2D eigenvalue weighted by Gasteiger charge is -2.25. The summed E-state index contributed by atoms with van der Waals surface area (Å²) in [5, 5.41) is 3.16. The third-order valence-electron chi connectivity index (χ3n) is 5.98. The Balaban J connectivity index is 1.37. The van der Waals surface area contributed by atoms with E-state index >= 15 is 0 Å². The van der Waals surface area contributed by atoms with E-state index in [9.17, 15) is 9.59 Å².